The number of hydrogen-bond donors (Lipinski definition) is 14. The van der Waals surface area contributed by atoms with Crippen LogP contribution in [0.2, 0.25) is 0 Å². The van der Waals surface area contributed by atoms with Crippen molar-refractivity contribution in [1.82, 2.24) is 0 Å². The van der Waals surface area contributed by atoms with Crippen molar-refractivity contribution in [2.75, 3.05) is 13.2 Å². The molecule has 5 saturated heterocycles. The van der Waals surface area contributed by atoms with E-state index in [4.69, 9.17) is 52.1 Å². The monoisotopic (exact) mass is 1320 g/mol. The van der Waals surface area contributed by atoms with Crippen molar-refractivity contribution in [3.63, 3.8) is 0 Å². The first-order valence-electron chi connectivity index (χ1n) is 32.5. The van der Waals surface area contributed by atoms with Crippen molar-refractivity contribution in [2.24, 2.45) is 50.2 Å². The first-order valence-corrected chi connectivity index (χ1v) is 32.5. The zero-order chi connectivity index (χ0) is 67.8. The van der Waals surface area contributed by atoms with Gasteiger partial charge in [0.2, 0.25) is 0 Å². The van der Waals surface area contributed by atoms with Gasteiger partial charge in [-0.15, -0.1) is 0 Å². The number of ether oxygens (including phenoxy) is 11. The Bertz CT molecular complexity index is 2760. The highest BCUT2D eigenvalue weighted by molar-refractivity contribution is 5.89. The molecule has 5 saturated carbocycles. The molecular weight excluding hydrogens is 1220 g/mol. The summed E-state index contributed by atoms with van der Waals surface area (Å²) in [6.45, 7) is 20.7. The van der Waals surface area contributed by atoms with Crippen molar-refractivity contribution in [1.29, 1.82) is 0 Å². The molecule has 28 heteroatoms. The minimum absolute atomic E-state index is 0.0674. The molecule has 5 heterocycles. The van der Waals surface area contributed by atoms with Crippen LogP contribution in [-0.2, 0) is 66.5 Å². The fourth-order valence-corrected chi connectivity index (χ4v) is 19.2. The van der Waals surface area contributed by atoms with Gasteiger partial charge in [-0.1, -0.05) is 60.6 Å². The number of carbonyl (C=O) groups excluding carboxylic acids is 2. The van der Waals surface area contributed by atoms with Gasteiger partial charge in [0.15, 0.2) is 43.7 Å². The van der Waals surface area contributed by atoms with Gasteiger partial charge < -0.3 is 124 Å². The molecule has 33 unspecified atom stereocenters. The highest BCUT2D eigenvalue weighted by atomic mass is 16.8. The van der Waals surface area contributed by atoms with Gasteiger partial charge >= 0.3 is 17.9 Å². The van der Waals surface area contributed by atoms with E-state index in [1.807, 2.05) is 27.7 Å². The van der Waals surface area contributed by atoms with Crippen molar-refractivity contribution >= 4 is 17.9 Å². The molecule has 5 aliphatic heterocycles. The van der Waals surface area contributed by atoms with E-state index in [0.717, 1.165) is 0 Å². The van der Waals surface area contributed by atoms with E-state index in [9.17, 15) is 85.9 Å². The van der Waals surface area contributed by atoms with Crippen LogP contribution < -0.4 is 0 Å². The van der Waals surface area contributed by atoms with Gasteiger partial charge in [0.05, 0.1) is 42.5 Å². The Kier molecular flexibility index (Phi) is 20.1. The van der Waals surface area contributed by atoms with Gasteiger partial charge in [-0.3, -0.25) is 0 Å². The highest BCUT2D eigenvalue weighted by Gasteiger charge is 2.86. The third-order valence-electron chi connectivity index (χ3n) is 24.7. The fraction of sp³-hybridized carbons (Fsp3) is 0.891. The molecule has 1 spiro atoms. The lowest BCUT2D eigenvalue weighted by Gasteiger charge is -2.75. The average Bonchev–Trinajstić information content (AvgIpc) is 1.37. The summed E-state index contributed by atoms with van der Waals surface area (Å²) in [4.78, 5) is 41.0. The molecule has 524 valence electrons. The minimum atomic E-state index is -2.30. The Morgan fingerprint density at radius 3 is 1.64 bits per heavy atom. The third kappa shape index (κ3) is 11.0. The first-order chi connectivity index (χ1) is 42.9. The van der Waals surface area contributed by atoms with E-state index < -0.39 is 229 Å². The topological polar surface area (TPSA) is 436 Å². The van der Waals surface area contributed by atoms with Gasteiger partial charge in [0, 0.05) is 27.9 Å². The summed E-state index contributed by atoms with van der Waals surface area (Å²) < 4.78 is 69.2. The highest BCUT2D eigenvalue weighted by Crippen LogP contribution is 2.82. The second-order valence-corrected chi connectivity index (χ2v) is 30.0. The molecule has 0 radical (unpaired) electrons. The SMILES string of the molecule is CC=C(C)C(=O)OC1C(OC(=O)C(C)=CC)C23C(O)CC4(C)C5(C)CCC6C(C)(C)C(OC7OC(C(=O)O)C(O)C(OC8OC(CO)C(O)C(O)C8OC8OC(C)C(O)C(O)C8O)C7OC7OC(CO)C(O)C(O)C7O)CCC6(C)C5CCC4(OC2O)C3CC1(C)C. The fourth-order valence-electron chi connectivity index (χ4n) is 19.2. The number of aliphatic carboxylic acids is 1. The van der Waals surface area contributed by atoms with Crippen LogP contribution in [0, 0.1) is 50.2 Å². The Hall–Kier alpha value is -2.99. The molecule has 0 aromatic heterocycles. The van der Waals surface area contributed by atoms with Crippen molar-refractivity contribution in [3.05, 3.63) is 23.3 Å². The van der Waals surface area contributed by atoms with Crippen LogP contribution in [0.1, 0.15) is 134 Å². The molecule has 28 nitrogen and oxygen atoms in total. The number of fused-ring (bicyclic) bond motifs is 4. The number of esters is 2. The summed E-state index contributed by atoms with van der Waals surface area (Å²) in [6.07, 6.45) is -37.9. The van der Waals surface area contributed by atoms with Gasteiger partial charge in [0.25, 0.3) is 0 Å². The van der Waals surface area contributed by atoms with Crippen LogP contribution in [0.3, 0.4) is 0 Å². The van der Waals surface area contributed by atoms with Crippen LogP contribution in [0.25, 0.3) is 0 Å². The van der Waals surface area contributed by atoms with Crippen molar-refractivity contribution in [2.45, 2.75) is 294 Å². The number of carbonyl (C=O) groups is 3. The summed E-state index contributed by atoms with van der Waals surface area (Å²) in [5, 5.41) is 158. The molecule has 10 fully saturated rings. The number of aliphatic hydroxyl groups excluding tert-OH is 13. The largest absolute Gasteiger partial charge is 0.479 e. The quantitative estimate of drug-likeness (QED) is 0.0535. The van der Waals surface area contributed by atoms with Crippen LogP contribution in [0.5, 0.6) is 0 Å². The van der Waals surface area contributed by atoms with Gasteiger partial charge in [-0.05, 0) is 114 Å². The Morgan fingerprint density at radius 1 is 0.533 bits per heavy atom. The summed E-state index contributed by atoms with van der Waals surface area (Å²) >= 11 is 0. The Labute approximate surface area is 534 Å². The smallest absolute Gasteiger partial charge is 0.335 e. The molecule has 92 heavy (non-hydrogen) atoms. The molecule has 2 bridgehead atoms. The normalized spacial score (nSPS) is 52.4. The number of hydrogen-bond acceptors (Lipinski definition) is 27. The molecule has 0 aromatic rings. The van der Waals surface area contributed by atoms with Crippen molar-refractivity contribution in [3.8, 4) is 0 Å². The predicted octanol–water partition coefficient (Wildman–Crippen LogP) is -0.937. The number of aliphatic hydroxyl groups is 13. The van der Waals surface area contributed by atoms with E-state index in [-0.39, 0.29) is 30.3 Å². The Balaban J connectivity index is 0.976. The minimum Gasteiger partial charge on any atom is -0.479 e. The zero-order valence-electron chi connectivity index (χ0n) is 54.4. The summed E-state index contributed by atoms with van der Waals surface area (Å²) in [7, 11) is 0. The number of carboxylic acids is 1. The first kappa shape index (κ1) is 71.8. The number of allylic oxidation sites excluding steroid dienone is 2. The van der Waals surface area contributed by atoms with E-state index >= 15 is 0 Å². The molecule has 10 rings (SSSR count). The van der Waals surface area contributed by atoms with Gasteiger partial charge in [0.1, 0.15) is 91.6 Å². The summed E-state index contributed by atoms with van der Waals surface area (Å²) in [5.74, 6) is -3.89. The number of carboxylic acid groups (broad SMARTS) is 1. The van der Waals surface area contributed by atoms with Crippen LogP contribution in [0.4, 0.5) is 0 Å². The second-order valence-electron chi connectivity index (χ2n) is 30.0. The molecule has 10 aliphatic rings. The maximum Gasteiger partial charge on any atom is 0.335 e. The lowest BCUT2D eigenvalue weighted by atomic mass is 9.30. The standard InChI is InChI=1S/C64H100O28/c1-13-25(3)51(79)90-48-49(91-52(80)26(4)14-2)64-32(21-58(48,6)7)63(92-57(64)81)20-16-31-60(10)18-17-34(59(8,9)30(60)15-19-61(31,11)62(63,12)22-33(64)67)85-56-47(89-54-42(75)39(72)36(69)28(23-65)83-54)44(43(76)45(87-56)50(77)78)86-55-46(40(73)37(70)29(24-66)84-55)88-53-41(74)38(71)35(68)27(5)82-53/h13-14,27-49,53-57,65-76,81H,15-24H2,1-12H3,(H,77,78). The number of rotatable bonds is 15. The van der Waals surface area contributed by atoms with E-state index in [1.54, 1.807) is 39.8 Å². The van der Waals surface area contributed by atoms with Crippen LogP contribution >= 0.6 is 0 Å². The average molecular weight is 1320 g/mol. The van der Waals surface area contributed by atoms with Crippen LogP contribution in [-0.4, -0.2) is 262 Å². The van der Waals surface area contributed by atoms with E-state index in [1.165, 1.54) is 6.92 Å². The summed E-state index contributed by atoms with van der Waals surface area (Å²) in [6, 6.07) is 0. The zero-order valence-corrected chi connectivity index (χ0v) is 54.4. The lowest BCUT2D eigenvalue weighted by molar-refractivity contribution is -0.406. The van der Waals surface area contributed by atoms with Gasteiger partial charge in [-0.2, -0.15) is 0 Å². The molecule has 33 atom stereocenters. The molecule has 0 amide bonds. The summed E-state index contributed by atoms with van der Waals surface area (Å²) in [5.41, 5.74) is -5.77. The van der Waals surface area contributed by atoms with Crippen molar-refractivity contribution < 1.29 is 138 Å². The second kappa shape index (κ2) is 25.7. The van der Waals surface area contributed by atoms with E-state index in [0.29, 0.717) is 44.1 Å². The molecule has 5 aliphatic carbocycles. The van der Waals surface area contributed by atoms with Crippen LogP contribution in [0.15, 0.2) is 23.3 Å². The Morgan fingerprint density at radius 2 is 1.05 bits per heavy atom. The lowest BCUT2D eigenvalue weighted by Crippen LogP contribution is -2.77. The molecule has 14 N–H and O–H groups in total. The molecular formula is C64H100O28. The van der Waals surface area contributed by atoms with E-state index in [2.05, 4.69) is 20.8 Å². The molecule has 0 aromatic carbocycles. The maximum atomic E-state index is 14.0. The maximum absolute atomic E-state index is 14.0. The predicted molar refractivity (Wildman–Crippen MR) is 312 cm³/mol. The third-order valence-corrected chi connectivity index (χ3v) is 24.7. The van der Waals surface area contributed by atoms with Gasteiger partial charge in [-0.25, -0.2) is 14.4 Å².